The smallest absolute Gasteiger partial charge is 0.0964 e. The van der Waals surface area contributed by atoms with Gasteiger partial charge in [-0.1, -0.05) is 19.3 Å². The van der Waals surface area contributed by atoms with E-state index < -0.39 is 0 Å². The van der Waals surface area contributed by atoms with E-state index >= 15 is 0 Å². The summed E-state index contributed by atoms with van der Waals surface area (Å²) in [5.74, 6) is 1.90. The molecular weight excluding hydrogens is 370 g/mol. The van der Waals surface area contributed by atoms with Gasteiger partial charge in [-0.15, -0.1) is 0 Å². The minimum absolute atomic E-state index is 0.670. The Labute approximate surface area is 181 Å². The Bertz CT molecular complexity index is 841. The zero-order valence-electron chi connectivity index (χ0n) is 18.8. The van der Waals surface area contributed by atoms with Crippen molar-refractivity contribution in [2.24, 2.45) is 24.3 Å². The number of aromatic nitrogens is 4. The predicted octanol–water partition coefficient (Wildman–Crippen LogP) is 4.80. The number of rotatable bonds is 6. The Hall–Kier alpha value is -1.75. The van der Waals surface area contributed by atoms with Crippen molar-refractivity contribution in [1.82, 2.24) is 24.9 Å². The summed E-state index contributed by atoms with van der Waals surface area (Å²) in [4.78, 5) is 2.78. The molecule has 3 heterocycles. The molecule has 2 aromatic heterocycles. The van der Waals surface area contributed by atoms with E-state index in [1.807, 2.05) is 24.9 Å². The largest absolute Gasteiger partial charge is 0.303 e. The maximum absolute atomic E-state index is 4.52. The fourth-order valence-electron chi connectivity index (χ4n) is 6.18. The van der Waals surface area contributed by atoms with Crippen molar-refractivity contribution in [3.05, 3.63) is 29.7 Å². The van der Waals surface area contributed by atoms with Crippen LogP contribution in [-0.2, 0) is 13.5 Å². The number of hydrogen-bond acceptors (Lipinski definition) is 4. The molecule has 5 heteroatoms. The summed E-state index contributed by atoms with van der Waals surface area (Å²) in [5, 5.41) is 13.4. The topological polar surface area (TPSA) is 46.8 Å². The molecule has 1 aliphatic heterocycles. The molecule has 2 saturated carbocycles. The van der Waals surface area contributed by atoms with Gasteiger partial charge in [0, 0.05) is 25.4 Å². The fraction of sp³-hybridized carbons (Fsp3) is 0.720. The third-order valence-electron chi connectivity index (χ3n) is 8.21. The van der Waals surface area contributed by atoms with Crippen molar-refractivity contribution < 1.29 is 0 Å². The Morgan fingerprint density at radius 1 is 1.07 bits per heavy atom. The van der Waals surface area contributed by atoms with Gasteiger partial charge in [-0.25, -0.2) is 0 Å². The number of hydrogen-bond donors (Lipinski definition) is 0. The van der Waals surface area contributed by atoms with Gasteiger partial charge in [0.15, 0.2) is 0 Å². The van der Waals surface area contributed by atoms with E-state index in [2.05, 4.69) is 32.3 Å². The molecule has 1 saturated heterocycles. The summed E-state index contributed by atoms with van der Waals surface area (Å²) in [6.45, 7) is 6.08. The molecule has 30 heavy (non-hydrogen) atoms. The van der Waals surface area contributed by atoms with Crippen LogP contribution in [-0.4, -0.2) is 44.5 Å². The molecule has 0 bridgehead atoms. The van der Waals surface area contributed by atoms with Crippen molar-refractivity contribution in [3.8, 4) is 11.3 Å². The number of piperidine rings is 1. The average molecular weight is 408 g/mol. The van der Waals surface area contributed by atoms with Crippen LogP contribution >= 0.6 is 0 Å². The Balaban J connectivity index is 1.08. The van der Waals surface area contributed by atoms with Crippen LogP contribution in [0.2, 0.25) is 0 Å². The average Bonchev–Trinajstić information content (AvgIpc) is 3.33. The zero-order chi connectivity index (χ0) is 20.6. The van der Waals surface area contributed by atoms with Crippen molar-refractivity contribution in [2.45, 2.75) is 71.1 Å². The van der Waals surface area contributed by atoms with Crippen molar-refractivity contribution >= 4 is 0 Å². The van der Waals surface area contributed by atoms with E-state index in [-0.39, 0.29) is 0 Å². The second-order valence-electron chi connectivity index (χ2n) is 10.3. The summed E-state index contributed by atoms with van der Waals surface area (Å²) in [6, 6.07) is 4.27. The minimum atomic E-state index is 0.670. The van der Waals surface area contributed by atoms with Crippen molar-refractivity contribution in [1.29, 1.82) is 0 Å². The second kappa shape index (κ2) is 8.41. The lowest BCUT2D eigenvalue weighted by Gasteiger charge is -2.36. The Kier molecular flexibility index (Phi) is 5.65. The number of likely N-dealkylation sites (tertiary alicyclic amines) is 1. The molecule has 1 atom stereocenters. The highest BCUT2D eigenvalue weighted by Crippen LogP contribution is 2.61. The lowest BCUT2D eigenvalue weighted by atomic mass is 9.86. The lowest BCUT2D eigenvalue weighted by molar-refractivity contribution is 0.130. The van der Waals surface area contributed by atoms with Gasteiger partial charge >= 0.3 is 0 Å². The van der Waals surface area contributed by atoms with Gasteiger partial charge in [-0.2, -0.15) is 15.3 Å². The fourth-order valence-corrected chi connectivity index (χ4v) is 6.18. The molecule has 162 valence electrons. The zero-order valence-corrected chi connectivity index (χ0v) is 18.8. The normalized spacial score (nSPS) is 24.4. The third kappa shape index (κ3) is 4.32. The molecular formula is C25H37N5. The molecule has 0 aromatic carbocycles. The number of aryl methyl sites for hydroxylation is 3. The van der Waals surface area contributed by atoms with E-state index in [1.54, 1.807) is 0 Å². The highest BCUT2D eigenvalue weighted by molar-refractivity contribution is 5.60. The summed E-state index contributed by atoms with van der Waals surface area (Å²) in [5.41, 5.74) is 4.82. The Morgan fingerprint density at radius 3 is 2.53 bits per heavy atom. The van der Waals surface area contributed by atoms with Crippen LogP contribution in [0.1, 0.15) is 69.2 Å². The maximum Gasteiger partial charge on any atom is 0.0964 e. The summed E-state index contributed by atoms with van der Waals surface area (Å²) < 4.78 is 1.84. The molecule has 1 spiro atoms. The van der Waals surface area contributed by atoms with Crippen molar-refractivity contribution in [2.75, 3.05) is 19.6 Å². The van der Waals surface area contributed by atoms with Gasteiger partial charge in [0.25, 0.3) is 0 Å². The molecule has 0 amide bonds. The van der Waals surface area contributed by atoms with Crippen LogP contribution in [0, 0.1) is 24.2 Å². The van der Waals surface area contributed by atoms with Crippen molar-refractivity contribution in [3.63, 3.8) is 0 Å². The molecule has 3 aliphatic rings. The van der Waals surface area contributed by atoms with Crippen LogP contribution < -0.4 is 0 Å². The molecule has 2 aliphatic carbocycles. The first-order chi connectivity index (χ1) is 14.6. The molecule has 5 nitrogen and oxygen atoms in total. The molecule has 3 fully saturated rings. The maximum atomic E-state index is 4.52. The highest BCUT2D eigenvalue weighted by atomic mass is 15.3. The Morgan fingerprint density at radius 2 is 1.87 bits per heavy atom. The van der Waals surface area contributed by atoms with Crippen LogP contribution in [0.4, 0.5) is 0 Å². The molecule has 2 aromatic rings. The summed E-state index contributed by atoms with van der Waals surface area (Å²) in [7, 11) is 1.95. The van der Waals surface area contributed by atoms with E-state index in [0.717, 1.165) is 40.9 Å². The van der Waals surface area contributed by atoms with Crippen LogP contribution in [0.15, 0.2) is 18.3 Å². The quantitative estimate of drug-likeness (QED) is 0.690. The summed E-state index contributed by atoms with van der Waals surface area (Å²) in [6.07, 6.45) is 16.0. The lowest BCUT2D eigenvalue weighted by Crippen LogP contribution is -2.38. The number of nitrogens with zero attached hydrogens (tertiary/aromatic N) is 5. The standard InChI is InChI=1S/C25H37N5/c1-19-23(18-29(2)28-19)24-11-10-22(26-27-24)9-8-21-16-25(21)12-14-30(15-13-25)17-20-6-4-3-5-7-20/h10-11,18,20-21H,3-9,12-17H2,1-2H3. The van der Waals surface area contributed by atoms with E-state index in [0.29, 0.717) is 5.41 Å². The second-order valence-corrected chi connectivity index (χ2v) is 10.3. The SMILES string of the molecule is Cc1nn(C)cc1-c1ccc(CCC2CC23CCN(CC2CCCCC2)CC3)nn1. The van der Waals surface area contributed by atoms with Crippen LogP contribution in [0.25, 0.3) is 11.3 Å². The first-order valence-electron chi connectivity index (χ1n) is 12.2. The molecule has 1 unspecified atom stereocenters. The molecule has 0 N–H and O–H groups in total. The first kappa shape index (κ1) is 20.2. The van der Waals surface area contributed by atoms with Gasteiger partial charge < -0.3 is 4.90 Å². The van der Waals surface area contributed by atoms with E-state index in [9.17, 15) is 0 Å². The molecule has 5 rings (SSSR count). The van der Waals surface area contributed by atoms with E-state index in [1.165, 1.54) is 77.4 Å². The summed E-state index contributed by atoms with van der Waals surface area (Å²) >= 11 is 0. The highest BCUT2D eigenvalue weighted by Gasteiger charge is 2.53. The van der Waals surface area contributed by atoms with E-state index in [4.69, 9.17) is 0 Å². The predicted molar refractivity (Wildman–Crippen MR) is 120 cm³/mol. The van der Waals surface area contributed by atoms with Crippen LogP contribution in [0.5, 0.6) is 0 Å². The van der Waals surface area contributed by atoms with Gasteiger partial charge in [0.05, 0.1) is 17.1 Å². The van der Waals surface area contributed by atoms with Gasteiger partial charge in [0.2, 0.25) is 0 Å². The monoisotopic (exact) mass is 407 g/mol. The third-order valence-corrected chi connectivity index (χ3v) is 8.21. The van der Waals surface area contributed by atoms with Gasteiger partial charge in [-0.3, -0.25) is 4.68 Å². The molecule has 0 radical (unpaired) electrons. The first-order valence-corrected chi connectivity index (χ1v) is 12.2. The van der Waals surface area contributed by atoms with Gasteiger partial charge in [0.1, 0.15) is 0 Å². The van der Waals surface area contributed by atoms with Crippen LogP contribution in [0.3, 0.4) is 0 Å². The minimum Gasteiger partial charge on any atom is -0.303 e. The van der Waals surface area contributed by atoms with Gasteiger partial charge in [-0.05, 0) is 94.3 Å².